The van der Waals surface area contributed by atoms with E-state index in [4.69, 9.17) is 0 Å². The summed E-state index contributed by atoms with van der Waals surface area (Å²) in [5, 5.41) is 10.1. The van der Waals surface area contributed by atoms with Crippen LogP contribution in [0.1, 0.15) is 12.8 Å². The first-order valence-electron chi connectivity index (χ1n) is 5.20. The molecule has 0 radical (unpaired) electrons. The summed E-state index contributed by atoms with van der Waals surface area (Å²) in [6.07, 6.45) is 5.30. The molecule has 1 aliphatic heterocycles. The summed E-state index contributed by atoms with van der Waals surface area (Å²) in [6.45, 7) is 1.08. The summed E-state index contributed by atoms with van der Waals surface area (Å²) in [5.41, 5.74) is -0.750. The van der Waals surface area contributed by atoms with E-state index in [9.17, 15) is 9.90 Å². The van der Waals surface area contributed by atoms with Crippen molar-refractivity contribution in [1.82, 2.24) is 9.97 Å². The molecule has 5 nitrogen and oxygen atoms in total. The van der Waals surface area contributed by atoms with Crippen LogP contribution >= 0.6 is 0 Å². The van der Waals surface area contributed by atoms with Crippen molar-refractivity contribution in [3.05, 3.63) is 22.7 Å². The van der Waals surface area contributed by atoms with Crippen LogP contribution in [0.3, 0.4) is 0 Å². The fourth-order valence-electron chi connectivity index (χ4n) is 2.21. The van der Waals surface area contributed by atoms with Crippen molar-refractivity contribution in [3.8, 4) is 0 Å². The van der Waals surface area contributed by atoms with Gasteiger partial charge in [-0.1, -0.05) is 0 Å². The molecule has 2 aliphatic rings. The van der Waals surface area contributed by atoms with Crippen LogP contribution in [0, 0.1) is 5.92 Å². The van der Waals surface area contributed by atoms with E-state index >= 15 is 0 Å². The summed E-state index contributed by atoms with van der Waals surface area (Å²) in [6, 6.07) is 0. The van der Waals surface area contributed by atoms with E-state index in [0.29, 0.717) is 24.8 Å². The van der Waals surface area contributed by atoms with Gasteiger partial charge in [-0.15, -0.1) is 0 Å². The lowest BCUT2D eigenvalue weighted by Gasteiger charge is -2.47. The highest BCUT2D eigenvalue weighted by Crippen LogP contribution is 2.44. The van der Waals surface area contributed by atoms with E-state index in [1.165, 1.54) is 6.20 Å². The van der Waals surface area contributed by atoms with Crippen LogP contribution in [-0.4, -0.2) is 33.8 Å². The van der Waals surface area contributed by atoms with Gasteiger partial charge in [0.15, 0.2) is 5.82 Å². The van der Waals surface area contributed by atoms with Gasteiger partial charge in [0, 0.05) is 12.4 Å². The van der Waals surface area contributed by atoms with Crippen molar-refractivity contribution < 1.29 is 5.11 Å². The van der Waals surface area contributed by atoms with Gasteiger partial charge in [0.25, 0.3) is 5.56 Å². The maximum atomic E-state index is 11.4. The molecule has 2 fully saturated rings. The Morgan fingerprint density at radius 3 is 2.87 bits per heavy atom. The minimum Gasteiger partial charge on any atom is -0.386 e. The van der Waals surface area contributed by atoms with Gasteiger partial charge in [-0.2, -0.15) is 0 Å². The van der Waals surface area contributed by atoms with Gasteiger partial charge in [0.1, 0.15) is 5.60 Å². The molecular formula is C10H13N3O2. The number of hydrogen-bond acceptors (Lipinski definition) is 4. The van der Waals surface area contributed by atoms with Crippen molar-refractivity contribution >= 4 is 5.82 Å². The molecule has 0 bridgehead atoms. The van der Waals surface area contributed by atoms with Crippen LogP contribution in [0.5, 0.6) is 0 Å². The van der Waals surface area contributed by atoms with Crippen molar-refractivity contribution in [2.75, 3.05) is 18.0 Å². The quantitative estimate of drug-likeness (QED) is 0.700. The first-order valence-corrected chi connectivity index (χ1v) is 5.20. The molecule has 2 heterocycles. The molecule has 0 unspecified atom stereocenters. The Morgan fingerprint density at radius 1 is 1.53 bits per heavy atom. The Kier molecular flexibility index (Phi) is 1.68. The summed E-state index contributed by atoms with van der Waals surface area (Å²) < 4.78 is 0. The van der Waals surface area contributed by atoms with Crippen LogP contribution < -0.4 is 10.5 Å². The lowest BCUT2D eigenvalue weighted by molar-refractivity contribution is -0.00988. The van der Waals surface area contributed by atoms with Crippen LogP contribution in [0.4, 0.5) is 5.82 Å². The zero-order valence-corrected chi connectivity index (χ0v) is 8.31. The van der Waals surface area contributed by atoms with E-state index in [1.807, 2.05) is 4.90 Å². The predicted octanol–water partition coefficient (Wildman–Crippen LogP) is -0.269. The Hall–Kier alpha value is -1.36. The predicted molar refractivity (Wildman–Crippen MR) is 54.7 cm³/mol. The highest BCUT2D eigenvalue weighted by atomic mass is 16.3. The summed E-state index contributed by atoms with van der Waals surface area (Å²) in [7, 11) is 0. The van der Waals surface area contributed by atoms with Crippen molar-refractivity contribution in [1.29, 1.82) is 0 Å². The number of aromatic nitrogens is 2. The smallest absolute Gasteiger partial charge is 0.290 e. The van der Waals surface area contributed by atoms with Crippen LogP contribution in [-0.2, 0) is 0 Å². The SMILES string of the molecule is O=c1[nH]ccnc1N1CC(O)(C2CC2)C1. The monoisotopic (exact) mass is 207 g/mol. The number of β-amino-alcohol motifs (C(OH)–C–C–N with tert-alkyl or cyclic N) is 1. The van der Waals surface area contributed by atoms with Gasteiger partial charge in [-0.3, -0.25) is 4.79 Å². The molecule has 1 aromatic rings. The molecule has 3 rings (SSSR count). The second-order valence-corrected chi connectivity index (χ2v) is 4.48. The molecule has 1 aliphatic carbocycles. The van der Waals surface area contributed by atoms with Crippen molar-refractivity contribution in [2.45, 2.75) is 18.4 Å². The summed E-state index contributed by atoms with van der Waals surface area (Å²) in [5.74, 6) is 0.861. The first-order chi connectivity index (χ1) is 7.19. The van der Waals surface area contributed by atoms with Crippen LogP contribution in [0.2, 0.25) is 0 Å². The first kappa shape index (κ1) is 8.91. The van der Waals surface area contributed by atoms with E-state index in [1.54, 1.807) is 6.20 Å². The Labute approximate surface area is 86.8 Å². The highest BCUT2D eigenvalue weighted by Gasteiger charge is 2.52. The lowest BCUT2D eigenvalue weighted by atomic mass is 9.89. The third-order valence-electron chi connectivity index (χ3n) is 3.26. The molecular weight excluding hydrogens is 194 g/mol. The fourth-order valence-corrected chi connectivity index (χ4v) is 2.21. The third kappa shape index (κ3) is 1.34. The Morgan fingerprint density at radius 2 is 2.27 bits per heavy atom. The van der Waals surface area contributed by atoms with E-state index in [2.05, 4.69) is 9.97 Å². The van der Waals surface area contributed by atoms with Gasteiger partial charge in [-0.05, 0) is 18.8 Å². The summed E-state index contributed by atoms with van der Waals surface area (Å²) in [4.78, 5) is 19.8. The number of H-pyrrole nitrogens is 1. The van der Waals surface area contributed by atoms with E-state index in [0.717, 1.165) is 12.8 Å². The lowest BCUT2D eigenvalue weighted by Crippen LogP contribution is -2.64. The van der Waals surface area contributed by atoms with Gasteiger partial charge in [-0.25, -0.2) is 4.98 Å². The molecule has 1 saturated carbocycles. The maximum Gasteiger partial charge on any atom is 0.290 e. The number of nitrogens with zero attached hydrogens (tertiary/aromatic N) is 2. The van der Waals surface area contributed by atoms with Gasteiger partial charge >= 0.3 is 0 Å². The summed E-state index contributed by atoms with van der Waals surface area (Å²) >= 11 is 0. The van der Waals surface area contributed by atoms with E-state index < -0.39 is 5.60 Å². The molecule has 0 aromatic carbocycles. The molecule has 1 saturated heterocycles. The molecule has 0 atom stereocenters. The molecule has 1 aromatic heterocycles. The average Bonchev–Trinajstić information content (AvgIpc) is 2.97. The molecule has 0 spiro atoms. The topological polar surface area (TPSA) is 69.2 Å². The highest BCUT2D eigenvalue weighted by molar-refractivity contribution is 5.42. The number of aliphatic hydroxyl groups is 1. The van der Waals surface area contributed by atoms with Gasteiger partial charge in [0.05, 0.1) is 13.1 Å². The number of nitrogens with one attached hydrogen (secondary N) is 1. The van der Waals surface area contributed by atoms with Gasteiger partial charge < -0.3 is 15.0 Å². The fraction of sp³-hybridized carbons (Fsp3) is 0.600. The minimum absolute atomic E-state index is 0.185. The number of anilines is 1. The second kappa shape index (κ2) is 2.82. The number of aromatic amines is 1. The van der Waals surface area contributed by atoms with Gasteiger partial charge in [0.2, 0.25) is 0 Å². The molecule has 15 heavy (non-hydrogen) atoms. The van der Waals surface area contributed by atoms with Crippen molar-refractivity contribution in [2.24, 2.45) is 5.92 Å². The maximum absolute atomic E-state index is 11.4. The van der Waals surface area contributed by atoms with Crippen molar-refractivity contribution in [3.63, 3.8) is 0 Å². The largest absolute Gasteiger partial charge is 0.386 e. The second-order valence-electron chi connectivity index (χ2n) is 4.48. The number of rotatable bonds is 2. The third-order valence-corrected chi connectivity index (χ3v) is 3.26. The zero-order chi connectivity index (χ0) is 10.5. The molecule has 2 N–H and O–H groups in total. The minimum atomic E-state index is -0.566. The zero-order valence-electron chi connectivity index (χ0n) is 8.31. The molecule has 80 valence electrons. The van der Waals surface area contributed by atoms with Crippen LogP contribution in [0.25, 0.3) is 0 Å². The Balaban J connectivity index is 1.77. The molecule has 5 heteroatoms. The van der Waals surface area contributed by atoms with E-state index in [-0.39, 0.29) is 5.56 Å². The normalized spacial score (nSPS) is 23.7. The number of hydrogen-bond donors (Lipinski definition) is 2. The van der Waals surface area contributed by atoms with Crippen LogP contribution in [0.15, 0.2) is 17.2 Å². The average molecular weight is 207 g/mol. The Bertz CT molecular complexity index is 432. The molecule has 0 amide bonds. The standard InChI is InChI=1S/C10H13N3O2/c14-9-8(11-3-4-12-9)13-5-10(15,6-13)7-1-2-7/h3-4,7,15H,1-2,5-6H2,(H,12,14).